The first-order valence-electron chi connectivity index (χ1n) is 8.32. The highest BCUT2D eigenvalue weighted by Crippen LogP contribution is 2.37. The Morgan fingerprint density at radius 2 is 1.96 bits per heavy atom. The molecule has 0 amide bonds. The standard InChI is InChI=1S/C20H24N2O3/c1-5-25-19-10-13(6-9-18(19)23)20(22(2)3)16-12-21-17-8-7-14(24-4)11-15(16)17/h6-12,20-21,23H,5H2,1-4H3. The number of ether oxygens (including phenoxy) is 2. The number of benzene rings is 2. The Labute approximate surface area is 147 Å². The van der Waals surface area contributed by atoms with Crippen LogP contribution in [0.1, 0.15) is 24.1 Å². The smallest absolute Gasteiger partial charge is 0.161 e. The lowest BCUT2D eigenvalue weighted by Crippen LogP contribution is -2.21. The maximum absolute atomic E-state index is 10.00. The van der Waals surface area contributed by atoms with Gasteiger partial charge < -0.3 is 19.6 Å². The van der Waals surface area contributed by atoms with Crippen LogP contribution in [0.15, 0.2) is 42.6 Å². The predicted octanol–water partition coefficient (Wildman–Crippen LogP) is 3.93. The second-order valence-corrected chi connectivity index (χ2v) is 6.18. The summed E-state index contributed by atoms with van der Waals surface area (Å²) in [6.45, 7) is 2.41. The van der Waals surface area contributed by atoms with Crippen molar-refractivity contribution in [2.24, 2.45) is 0 Å². The van der Waals surface area contributed by atoms with E-state index in [1.165, 1.54) is 0 Å². The quantitative estimate of drug-likeness (QED) is 0.714. The summed E-state index contributed by atoms with van der Waals surface area (Å²) in [5, 5.41) is 11.1. The largest absolute Gasteiger partial charge is 0.504 e. The number of phenolic OH excluding ortho intramolecular Hbond substituents is 1. The van der Waals surface area contributed by atoms with Gasteiger partial charge in [0.25, 0.3) is 0 Å². The Hall–Kier alpha value is -2.66. The molecule has 1 aromatic heterocycles. The summed E-state index contributed by atoms with van der Waals surface area (Å²) < 4.78 is 10.9. The molecular formula is C20H24N2O3. The van der Waals surface area contributed by atoms with Crippen molar-refractivity contribution in [1.82, 2.24) is 9.88 Å². The number of H-pyrrole nitrogens is 1. The molecule has 1 heterocycles. The molecule has 0 saturated heterocycles. The van der Waals surface area contributed by atoms with Crippen molar-refractivity contribution in [3.05, 3.63) is 53.7 Å². The number of hydrogen-bond donors (Lipinski definition) is 2. The molecule has 0 spiro atoms. The van der Waals surface area contributed by atoms with Gasteiger partial charge in [-0.15, -0.1) is 0 Å². The number of nitrogens with one attached hydrogen (secondary N) is 1. The van der Waals surface area contributed by atoms with Crippen molar-refractivity contribution in [1.29, 1.82) is 0 Å². The lowest BCUT2D eigenvalue weighted by molar-refractivity contribution is 0.313. The molecule has 25 heavy (non-hydrogen) atoms. The molecule has 3 rings (SSSR count). The number of rotatable bonds is 6. The Bertz CT molecular complexity index is 871. The number of hydrogen-bond acceptors (Lipinski definition) is 4. The van der Waals surface area contributed by atoms with Crippen molar-refractivity contribution in [2.75, 3.05) is 27.8 Å². The molecule has 0 radical (unpaired) electrons. The van der Waals surface area contributed by atoms with Gasteiger partial charge in [0.15, 0.2) is 11.5 Å². The Morgan fingerprint density at radius 1 is 1.16 bits per heavy atom. The molecule has 1 unspecified atom stereocenters. The summed E-state index contributed by atoms with van der Waals surface area (Å²) in [4.78, 5) is 5.48. The van der Waals surface area contributed by atoms with Crippen molar-refractivity contribution in [3.63, 3.8) is 0 Å². The molecule has 0 fully saturated rings. The number of aromatic amines is 1. The number of phenols is 1. The number of aromatic nitrogens is 1. The highest BCUT2D eigenvalue weighted by Gasteiger charge is 2.22. The van der Waals surface area contributed by atoms with Crippen LogP contribution in [0, 0.1) is 0 Å². The first kappa shape index (κ1) is 17.2. The molecule has 2 N–H and O–H groups in total. The van der Waals surface area contributed by atoms with Crippen molar-refractivity contribution >= 4 is 10.9 Å². The minimum atomic E-state index is 0.0145. The highest BCUT2D eigenvalue weighted by molar-refractivity contribution is 5.85. The molecule has 2 aromatic carbocycles. The number of methoxy groups -OCH3 is 1. The molecule has 0 aliphatic rings. The first-order valence-corrected chi connectivity index (χ1v) is 8.32. The van der Waals surface area contributed by atoms with Crippen LogP contribution < -0.4 is 9.47 Å². The van der Waals surface area contributed by atoms with E-state index < -0.39 is 0 Å². The summed E-state index contributed by atoms with van der Waals surface area (Å²) >= 11 is 0. The van der Waals surface area contributed by atoms with Gasteiger partial charge in [-0.25, -0.2) is 0 Å². The van der Waals surface area contributed by atoms with Crippen molar-refractivity contribution in [2.45, 2.75) is 13.0 Å². The first-order chi connectivity index (χ1) is 12.0. The third-order valence-electron chi connectivity index (χ3n) is 4.33. The fraction of sp³-hybridized carbons (Fsp3) is 0.300. The summed E-state index contributed by atoms with van der Waals surface area (Å²) in [5.41, 5.74) is 3.26. The molecule has 3 aromatic rings. The minimum Gasteiger partial charge on any atom is -0.504 e. The second kappa shape index (κ2) is 7.07. The van der Waals surface area contributed by atoms with Gasteiger partial charge >= 0.3 is 0 Å². The topological polar surface area (TPSA) is 57.7 Å². The van der Waals surface area contributed by atoms with Gasteiger partial charge in [0.1, 0.15) is 5.75 Å². The van der Waals surface area contributed by atoms with Crippen LogP contribution >= 0.6 is 0 Å². The van der Waals surface area contributed by atoms with Gasteiger partial charge in [-0.1, -0.05) is 6.07 Å². The van der Waals surface area contributed by atoms with Crippen LogP contribution in [-0.2, 0) is 0 Å². The molecule has 5 nitrogen and oxygen atoms in total. The van der Waals surface area contributed by atoms with Gasteiger partial charge in [0.05, 0.1) is 19.8 Å². The van der Waals surface area contributed by atoms with E-state index in [2.05, 4.69) is 9.88 Å². The SMILES string of the molecule is CCOc1cc(C(c2c[nH]c3ccc(OC)cc23)N(C)C)ccc1O. The van der Waals surface area contributed by atoms with E-state index in [9.17, 15) is 5.11 Å². The average molecular weight is 340 g/mol. The Balaban J connectivity index is 2.12. The zero-order valence-corrected chi connectivity index (χ0v) is 15.0. The molecule has 0 aliphatic heterocycles. The third-order valence-corrected chi connectivity index (χ3v) is 4.33. The van der Waals surface area contributed by atoms with E-state index in [0.29, 0.717) is 12.4 Å². The number of aromatic hydroxyl groups is 1. The fourth-order valence-electron chi connectivity index (χ4n) is 3.20. The van der Waals surface area contributed by atoms with E-state index in [4.69, 9.17) is 9.47 Å². The molecule has 1 atom stereocenters. The van der Waals surface area contributed by atoms with Crippen LogP contribution in [0.5, 0.6) is 17.2 Å². The second-order valence-electron chi connectivity index (χ2n) is 6.18. The van der Waals surface area contributed by atoms with E-state index in [1.54, 1.807) is 13.2 Å². The van der Waals surface area contributed by atoms with Crippen LogP contribution in [0.3, 0.4) is 0 Å². The Morgan fingerprint density at radius 3 is 2.64 bits per heavy atom. The maximum atomic E-state index is 10.00. The van der Waals surface area contributed by atoms with Gasteiger partial charge in [-0.2, -0.15) is 0 Å². The lowest BCUT2D eigenvalue weighted by Gasteiger charge is -2.25. The van der Waals surface area contributed by atoms with Gasteiger partial charge in [0.2, 0.25) is 0 Å². The zero-order chi connectivity index (χ0) is 18.0. The molecule has 0 aliphatic carbocycles. The van der Waals surface area contributed by atoms with Gasteiger partial charge in [-0.05, 0) is 62.5 Å². The lowest BCUT2D eigenvalue weighted by atomic mass is 9.96. The maximum Gasteiger partial charge on any atom is 0.161 e. The van der Waals surface area contributed by atoms with Crippen LogP contribution in [-0.4, -0.2) is 42.8 Å². The molecular weight excluding hydrogens is 316 g/mol. The molecule has 0 bridgehead atoms. The van der Waals surface area contributed by atoms with E-state index >= 15 is 0 Å². The van der Waals surface area contributed by atoms with Crippen LogP contribution in [0.4, 0.5) is 0 Å². The Kier molecular flexibility index (Phi) is 4.86. The van der Waals surface area contributed by atoms with Gasteiger partial charge in [-0.3, -0.25) is 4.90 Å². The summed E-state index contributed by atoms with van der Waals surface area (Å²) in [7, 11) is 5.75. The van der Waals surface area contributed by atoms with Crippen molar-refractivity contribution < 1.29 is 14.6 Å². The van der Waals surface area contributed by atoms with E-state index in [1.807, 2.05) is 57.5 Å². The summed E-state index contributed by atoms with van der Waals surface area (Å²) in [6, 6.07) is 11.5. The number of fused-ring (bicyclic) bond motifs is 1. The fourth-order valence-corrected chi connectivity index (χ4v) is 3.20. The minimum absolute atomic E-state index is 0.0145. The van der Waals surface area contributed by atoms with Crippen molar-refractivity contribution in [3.8, 4) is 17.2 Å². The average Bonchev–Trinajstić information content (AvgIpc) is 3.00. The predicted molar refractivity (Wildman–Crippen MR) is 99.7 cm³/mol. The van der Waals surface area contributed by atoms with Crippen LogP contribution in [0.2, 0.25) is 0 Å². The monoisotopic (exact) mass is 340 g/mol. The molecule has 5 heteroatoms. The summed E-state index contributed by atoms with van der Waals surface area (Å²) in [5.74, 6) is 1.49. The van der Waals surface area contributed by atoms with Crippen LogP contribution in [0.25, 0.3) is 10.9 Å². The normalized spacial score (nSPS) is 12.5. The molecule has 0 saturated carbocycles. The van der Waals surface area contributed by atoms with E-state index in [-0.39, 0.29) is 11.8 Å². The van der Waals surface area contributed by atoms with E-state index in [0.717, 1.165) is 27.8 Å². The summed E-state index contributed by atoms with van der Waals surface area (Å²) in [6.07, 6.45) is 2.03. The molecule has 132 valence electrons. The third kappa shape index (κ3) is 3.28. The highest BCUT2D eigenvalue weighted by atomic mass is 16.5. The van der Waals surface area contributed by atoms with Gasteiger partial charge in [0, 0.05) is 17.1 Å². The zero-order valence-electron chi connectivity index (χ0n) is 15.0. The number of nitrogens with zero attached hydrogens (tertiary/aromatic N) is 1.